The van der Waals surface area contributed by atoms with Gasteiger partial charge in [-0.05, 0) is 89.7 Å². The van der Waals surface area contributed by atoms with E-state index in [1.807, 2.05) is 86.6 Å². The lowest BCUT2D eigenvalue weighted by Crippen LogP contribution is -2.26. The number of carbonyl (C=O) groups excluding carboxylic acids is 2. The Hall–Kier alpha value is -4.49. The van der Waals surface area contributed by atoms with E-state index in [1.54, 1.807) is 11.9 Å². The summed E-state index contributed by atoms with van der Waals surface area (Å²) in [7, 11) is 1.78. The van der Waals surface area contributed by atoms with Crippen molar-refractivity contribution in [3.8, 4) is 0 Å². The first-order valence-corrected chi connectivity index (χ1v) is 12.6. The average molecular weight is 505 g/mol. The molecule has 2 atom stereocenters. The van der Waals surface area contributed by atoms with Crippen molar-refractivity contribution in [1.82, 2.24) is 10.3 Å². The summed E-state index contributed by atoms with van der Waals surface area (Å²) in [6.45, 7) is 4.23. The molecule has 2 aliphatic heterocycles. The molecule has 0 spiro atoms. The molecule has 7 heteroatoms. The van der Waals surface area contributed by atoms with E-state index >= 15 is 0 Å². The zero-order chi connectivity index (χ0) is 26.6. The smallest absolute Gasteiger partial charge is 0.258 e. The zero-order valence-corrected chi connectivity index (χ0v) is 21.5. The summed E-state index contributed by atoms with van der Waals surface area (Å²) in [4.78, 5) is 32.0. The molecule has 190 valence electrons. The fourth-order valence-corrected chi connectivity index (χ4v) is 5.50. The molecule has 6 rings (SSSR count). The van der Waals surface area contributed by atoms with E-state index in [0.29, 0.717) is 23.5 Å². The first kappa shape index (κ1) is 23.9. The van der Waals surface area contributed by atoms with Crippen LogP contribution in [-0.4, -0.2) is 23.8 Å². The third-order valence-corrected chi connectivity index (χ3v) is 7.53. The van der Waals surface area contributed by atoms with Crippen molar-refractivity contribution in [3.63, 3.8) is 0 Å². The van der Waals surface area contributed by atoms with Gasteiger partial charge in [0.1, 0.15) is 18.0 Å². The molecule has 2 amide bonds. The van der Waals surface area contributed by atoms with Gasteiger partial charge < -0.3 is 20.7 Å². The van der Waals surface area contributed by atoms with Gasteiger partial charge in [0, 0.05) is 36.1 Å². The largest absolute Gasteiger partial charge is 0.384 e. The van der Waals surface area contributed by atoms with E-state index in [9.17, 15) is 9.59 Å². The third-order valence-electron chi connectivity index (χ3n) is 7.53. The number of nitrogens with one attached hydrogen (secondary N) is 1. The molecule has 0 aliphatic carbocycles. The van der Waals surface area contributed by atoms with Gasteiger partial charge in [-0.25, -0.2) is 4.98 Å². The molecule has 2 aliphatic rings. The van der Waals surface area contributed by atoms with Crippen LogP contribution in [0.4, 0.5) is 11.5 Å². The van der Waals surface area contributed by atoms with Crippen molar-refractivity contribution >= 4 is 23.3 Å². The number of carbonyl (C=O) groups is 2. The predicted octanol–water partition coefficient (Wildman–Crippen LogP) is 5.01. The molecule has 2 bridgehead atoms. The van der Waals surface area contributed by atoms with Crippen molar-refractivity contribution < 1.29 is 14.3 Å². The van der Waals surface area contributed by atoms with Crippen molar-refractivity contribution in [2.75, 3.05) is 17.7 Å². The maximum absolute atomic E-state index is 13.1. The Bertz CT molecular complexity index is 1580. The van der Waals surface area contributed by atoms with Crippen LogP contribution >= 0.6 is 0 Å². The van der Waals surface area contributed by atoms with E-state index in [-0.39, 0.29) is 24.0 Å². The number of fused-ring (bicyclic) bond motifs is 8. The molecule has 4 aromatic rings. The Morgan fingerprint density at radius 1 is 0.895 bits per heavy atom. The molecule has 3 N–H and O–H groups in total. The number of anilines is 2. The van der Waals surface area contributed by atoms with Crippen LogP contribution in [0.1, 0.15) is 72.0 Å². The quantitative estimate of drug-likeness (QED) is 0.398. The van der Waals surface area contributed by atoms with E-state index in [4.69, 9.17) is 10.5 Å². The van der Waals surface area contributed by atoms with Crippen LogP contribution in [0, 0.1) is 13.8 Å². The fourth-order valence-electron chi connectivity index (χ4n) is 5.50. The first-order chi connectivity index (χ1) is 18.3. The number of hydrogen-bond donors (Lipinski definition) is 2. The number of nitrogens with two attached hydrogens (primary N) is 1. The lowest BCUT2D eigenvalue weighted by atomic mass is 9.85. The van der Waals surface area contributed by atoms with E-state index in [1.165, 1.54) is 0 Å². The number of benzene rings is 3. The predicted molar refractivity (Wildman–Crippen MR) is 146 cm³/mol. The molecule has 3 heterocycles. The second-order valence-corrected chi connectivity index (χ2v) is 9.89. The minimum atomic E-state index is -0.274. The van der Waals surface area contributed by atoms with Crippen LogP contribution in [0.3, 0.4) is 0 Å². The average Bonchev–Trinajstić information content (AvgIpc) is 3.49. The Kier molecular flexibility index (Phi) is 5.73. The van der Waals surface area contributed by atoms with Crippen LogP contribution < -0.4 is 16.0 Å². The van der Waals surface area contributed by atoms with Gasteiger partial charge >= 0.3 is 0 Å². The summed E-state index contributed by atoms with van der Waals surface area (Å²) in [5, 5.41) is 3.02. The monoisotopic (exact) mass is 504 g/mol. The summed E-state index contributed by atoms with van der Waals surface area (Å²) in [5.41, 5.74) is 14.8. The van der Waals surface area contributed by atoms with Gasteiger partial charge in [-0.1, -0.05) is 30.3 Å². The molecule has 1 aromatic heterocycles. The highest BCUT2D eigenvalue weighted by atomic mass is 16.5. The van der Waals surface area contributed by atoms with Gasteiger partial charge in [-0.3, -0.25) is 9.59 Å². The zero-order valence-electron chi connectivity index (χ0n) is 21.5. The van der Waals surface area contributed by atoms with Gasteiger partial charge in [-0.2, -0.15) is 0 Å². The van der Waals surface area contributed by atoms with E-state index < -0.39 is 0 Å². The number of rotatable bonds is 5. The topological polar surface area (TPSA) is 97.5 Å². The number of amides is 2. The minimum Gasteiger partial charge on any atom is -0.384 e. The molecular formula is C31H28N4O3. The van der Waals surface area contributed by atoms with Gasteiger partial charge in [0.05, 0.1) is 0 Å². The Morgan fingerprint density at radius 3 is 2.32 bits per heavy atom. The maximum atomic E-state index is 13.1. The summed E-state index contributed by atoms with van der Waals surface area (Å²) in [6.07, 6.45) is -0.443. The van der Waals surface area contributed by atoms with Gasteiger partial charge in [0.25, 0.3) is 11.8 Å². The van der Waals surface area contributed by atoms with E-state index in [2.05, 4.69) is 10.3 Å². The van der Waals surface area contributed by atoms with E-state index in [0.717, 1.165) is 44.8 Å². The van der Waals surface area contributed by atoms with Crippen LogP contribution in [-0.2, 0) is 11.3 Å². The highest BCUT2D eigenvalue weighted by molar-refractivity contribution is 6.05. The molecular weight excluding hydrogens is 476 g/mol. The Morgan fingerprint density at radius 2 is 1.58 bits per heavy atom. The van der Waals surface area contributed by atoms with Crippen LogP contribution in [0.2, 0.25) is 0 Å². The standard InChI is InChI=1S/C31H28N4O3/c1-17-13-27(32)34-18(2)26(17)16-33-30(36)20-9-11-22-24(14-20)29-25-15-21(10-12-23(25)28(22)38-29)35(3)31(37)19-7-5-4-6-8-19/h4-15,28-29H,16H2,1-3H3,(H2,32,34)(H,33,36). The second-order valence-electron chi connectivity index (χ2n) is 9.89. The highest BCUT2D eigenvalue weighted by Gasteiger charge is 2.43. The maximum Gasteiger partial charge on any atom is 0.258 e. The molecule has 3 aromatic carbocycles. The summed E-state index contributed by atoms with van der Waals surface area (Å²) in [6, 6.07) is 22.8. The number of pyridine rings is 1. The fraction of sp³-hybridized carbons (Fsp3) is 0.194. The van der Waals surface area contributed by atoms with Crippen LogP contribution in [0.25, 0.3) is 0 Å². The number of ether oxygens (including phenoxy) is 1. The van der Waals surface area contributed by atoms with Crippen LogP contribution in [0.5, 0.6) is 0 Å². The highest BCUT2D eigenvalue weighted by Crippen LogP contribution is 2.54. The van der Waals surface area contributed by atoms with Gasteiger partial charge in [-0.15, -0.1) is 0 Å². The second kappa shape index (κ2) is 9.11. The Balaban J connectivity index is 1.23. The number of nitrogens with zero attached hydrogens (tertiary/aromatic N) is 2. The number of hydrogen-bond acceptors (Lipinski definition) is 5. The summed E-state index contributed by atoms with van der Waals surface area (Å²) >= 11 is 0. The lowest BCUT2D eigenvalue weighted by molar-refractivity contribution is 0.0857. The normalized spacial score (nSPS) is 16.6. The number of aryl methyl sites for hydroxylation is 2. The summed E-state index contributed by atoms with van der Waals surface area (Å²) in [5.74, 6) is 0.243. The van der Waals surface area contributed by atoms with Gasteiger partial charge in [0.2, 0.25) is 0 Å². The lowest BCUT2D eigenvalue weighted by Gasteiger charge is -2.22. The molecule has 0 saturated heterocycles. The van der Waals surface area contributed by atoms with Crippen molar-refractivity contribution in [2.24, 2.45) is 0 Å². The molecule has 0 saturated carbocycles. The molecule has 2 unspecified atom stereocenters. The molecule has 7 nitrogen and oxygen atoms in total. The SMILES string of the molecule is Cc1cc(N)nc(C)c1CNC(=O)c1ccc2c(c1)C1OC2c2ccc(N(C)C(=O)c3ccccc3)cc21. The number of aromatic nitrogens is 1. The number of nitrogen functional groups attached to an aromatic ring is 1. The van der Waals surface area contributed by atoms with Crippen molar-refractivity contribution in [1.29, 1.82) is 0 Å². The van der Waals surface area contributed by atoms with Gasteiger partial charge in [0.15, 0.2) is 0 Å². The Labute approximate surface area is 221 Å². The molecule has 0 radical (unpaired) electrons. The van der Waals surface area contributed by atoms with Crippen molar-refractivity contribution in [2.45, 2.75) is 32.6 Å². The minimum absolute atomic E-state index is 0.0734. The first-order valence-electron chi connectivity index (χ1n) is 12.6. The third kappa shape index (κ3) is 3.92. The molecule has 38 heavy (non-hydrogen) atoms. The van der Waals surface area contributed by atoms with Crippen LogP contribution in [0.15, 0.2) is 72.8 Å². The van der Waals surface area contributed by atoms with Crippen molar-refractivity contribution in [3.05, 3.63) is 123 Å². The summed E-state index contributed by atoms with van der Waals surface area (Å²) < 4.78 is 6.34. The molecule has 0 fully saturated rings.